The van der Waals surface area contributed by atoms with Crippen LogP contribution in [0.3, 0.4) is 0 Å². The van der Waals surface area contributed by atoms with Gasteiger partial charge < -0.3 is 4.74 Å². The Balaban J connectivity index is 2.09. The summed E-state index contributed by atoms with van der Waals surface area (Å²) in [6.07, 6.45) is 10.5. The molecule has 0 atom stereocenters. The number of unbranched alkanes of at least 4 members (excludes halogenated alkanes) is 7. The number of carbonyl (C=O) groups is 1. The van der Waals surface area contributed by atoms with Crippen molar-refractivity contribution in [3.05, 3.63) is 29.6 Å². The number of halogens is 1. The quantitative estimate of drug-likeness (QED) is 0.413. The Morgan fingerprint density at radius 2 is 1.65 bits per heavy atom. The van der Waals surface area contributed by atoms with Crippen molar-refractivity contribution in [3.63, 3.8) is 0 Å². The number of hydrogen-bond acceptors (Lipinski definition) is 2. The van der Waals surface area contributed by atoms with Gasteiger partial charge in [-0.25, -0.2) is 4.39 Å². The third-order valence-corrected chi connectivity index (χ3v) is 3.30. The van der Waals surface area contributed by atoms with Crippen molar-refractivity contribution in [3.8, 4) is 5.75 Å². The van der Waals surface area contributed by atoms with Gasteiger partial charge in [0.25, 0.3) is 0 Å². The minimum atomic E-state index is -0.430. The first-order chi connectivity index (χ1) is 9.76. The summed E-state index contributed by atoms with van der Waals surface area (Å²) in [5, 5.41) is 0. The number of benzene rings is 1. The average molecular weight is 280 g/mol. The molecule has 0 aliphatic rings. The van der Waals surface area contributed by atoms with Gasteiger partial charge in [-0.05, 0) is 18.6 Å². The fourth-order valence-corrected chi connectivity index (χ4v) is 2.16. The summed E-state index contributed by atoms with van der Waals surface area (Å²) in [7, 11) is 0. The lowest BCUT2D eigenvalue weighted by Crippen LogP contribution is -1.98. The van der Waals surface area contributed by atoms with E-state index in [4.69, 9.17) is 4.74 Å². The molecule has 0 spiro atoms. The molecular weight excluding hydrogens is 255 g/mol. The second-order valence-electron chi connectivity index (χ2n) is 5.16. The molecule has 0 heterocycles. The Kier molecular flexibility index (Phi) is 8.68. The van der Waals surface area contributed by atoms with Crippen molar-refractivity contribution < 1.29 is 13.9 Å². The van der Waals surface area contributed by atoms with Crippen LogP contribution in [0.5, 0.6) is 5.75 Å². The van der Waals surface area contributed by atoms with Crippen LogP contribution in [0.2, 0.25) is 0 Å². The Bertz CT molecular complexity index is 391. The van der Waals surface area contributed by atoms with Crippen molar-refractivity contribution >= 4 is 6.29 Å². The molecule has 0 unspecified atom stereocenters. The summed E-state index contributed by atoms with van der Waals surface area (Å²) >= 11 is 0. The summed E-state index contributed by atoms with van der Waals surface area (Å²) in [6, 6.07) is 4.09. The highest BCUT2D eigenvalue weighted by molar-refractivity contribution is 5.75. The van der Waals surface area contributed by atoms with Gasteiger partial charge in [0.1, 0.15) is 17.9 Å². The molecule has 0 radical (unpaired) electrons. The fourth-order valence-electron chi connectivity index (χ4n) is 2.16. The molecule has 0 amide bonds. The van der Waals surface area contributed by atoms with Crippen LogP contribution in [-0.2, 0) is 0 Å². The molecule has 1 aromatic carbocycles. The highest BCUT2D eigenvalue weighted by Gasteiger charge is 2.01. The van der Waals surface area contributed by atoms with Crippen LogP contribution in [-0.4, -0.2) is 12.9 Å². The predicted molar refractivity (Wildman–Crippen MR) is 79.9 cm³/mol. The zero-order valence-corrected chi connectivity index (χ0v) is 12.4. The second-order valence-corrected chi connectivity index (χ2v) is 5.16. The number of hydrogen-bond donors (Lipinski definition) is 0. The third kappa shape index (κ3) is 7.27. The van der Waals surface area contributed by atoms with Gasteiger partial charge in [-0.2, -0.15) is 0 Å². The Morgan fingerprint density at radius 3 is 2.30 bits per heavy atom. The molecule has 0 fully saturated rings. The Hall–Kier alpha value is -1.38. The average Bonchev–Trinajstić information content (AvgIpc) is 2.45. The zero-order chi connectivity index (χ0) is 14.6. The summed E-state index contributed by atoms with van der Waals surface area (Å²) in [5.41, 5.74) is 0.316. The first-order valence-electron chi connectivity index (χ1n) is 7.65. The number of carbonyl (C=O) groups excluding carboxylic acids is 1. The standard InChI is InChI=1S/C17H25FO2/c1-2-3-4-5-6-7-8-9-10-20-17-12-15(14-19)11-16(18)13-17/h11-14H,2-10H2,1H3. The van der Waals surface area contributed by atoms with Crippen LogP contribution in [0.1, 0.15) is 68.6 Å². The van der Waals surface area contributed by atoms with Gasteiger partial charge in [-0.1, -0.05) is 51.9 Å². The van der Waals surface area contributed by atoms with Crippen LogP contribution in [0.4, 0.5) is 4.39 Å². The van der Waals surface area contributed by atoms with E-state index in [-0.39, 0.29) is 0 Å². The van der Waals surface area contributed by atoms with E-state index in [9.17, 15) is 9.18 Å². The van der Waals surface area contributed by atoms with Gasteiger partial charge in [-0.3, -0.25) is 4.79 Å². The summed E-state index contributed by atoms with van der Waals surface area (Å²) in [6.45, 7) is 2.80. The van der Waals surface area contributed by atoms with Crippen LogP contribution in [0.25, 0.3) is 0 Å². The van der Waals surface area contributed by atoms with Gasteiger partial charge in [0.15, 0.2) is 0 Å². The maximum atomic E-state index is 13.2. The van der Waals surface area contributed by atoms with Crippen molar-refractivity contribution in [2.45, 2.75) is 58.3 Å². The van der Waals surface area contributed by atoms with E-state index in [1.54, 1.807) is 6.07 Å². The molecule has 0 aliphatic carbocycles. The van der Waals surface area contributed by atoms with Gasteiger partial charge in [0, 0.05) is 11.6 Å². The van der Waals surface area contributed by atoms with E-state index in [1.165, 1.54) is 50.7 Å². The van der Waals surface area contributed by atoms with Crippen molar-refractivity contribution in [1.82, 2.24) is 0 Å². The normalized spacial score (nSPS) is 10.5. The molecule has 0 N–H and O–H groups in total. The molecule has 0 aromatic heterocycles. The highest BCUT2D eigenvalue weighted by atomic mass is 19.1. The van der Waals surface area contributed by atoms with Crippen LogP contribution >= 0.6 is 0 Å². The van der Waals surface area contributed by atoms with E-state index in [0.29, 0.717) is 24.2 Å². The summed E-state index contributed by atoms with van der Waals surface area (Å²) in [4.78, 5) is 10.6. The third-order valence-electron chi connectivity index (χ3n) is 3.30. The molecule has 2 nitrogen and oxygen atoms in total. The lowest BCUT2D eigenvalue weighted by atomic mass is 10.1. The molecule has 1 rings (SSSR count). The number of ether oxygens (including phenoxy) is 1. The van der Waals surface area contributed by atoms with Crippen molar-refractivity contribution in [2.24, 2.45) is 0 Å². The fraction of sp³-hybridized carbons (Fsp3) is 0.588. The molecule has 0 saturated carbocycles. The molecule has 0 saturated heterocycles. The SMILES string of the molecule is CCCCCCCCCCOc1cc(F)cc(C=O)c1. The largest absolute Gasteiger partial charge is 0.493 e. The predicted octanol–water partition coefficient (Wildman–Crippen LogP) is 5.16. The molecule has 0 bridgehead atoms. The molecule has 20 heavy (non-hydrogen) atoms. The first kappa shape index (κ1) is 16.7. The molecule has 3 heteroatoms. The lowest BCUT2D eigenvalue weighted by Gasteiger charge is -2.07. The van der Waals surface area contributed by atoms with Gasteiger partial charge in [-0.15, -0.1) is 0 Å². The van der Waals surface area contributed by atoms with E-state index in [2.05, 4.69) is 6.92 Å². The van der Waals surface area contributed by atoms with Crippen molar-refractivity contribution in [2.75, 3.05) is 6.61 Å². The minimum Gasteiger partial charge on any atom is -0.493 e. The molecular formula is C17H25FO2. The smallest absolute Gasteiger partial charge is 0.150 e. The zero-order valence-electron chi connectivity index (χ0n) is 12.4. The lowest BCUT2D eigenvalue weighted by molar-refractivity contribution is 0.112. The molecule has 0 aliphatic heterocycles. The van der Waals surface area contributed by atoms with Gasteiger partial charge >= 0.3 is 0 Å². The van der Waals surface area contributed by atoms with E-state index in [1.807, 2.05) is 0 Å². The van der Waals surface area contributed by atoms with Crippen LogP contribution in [0.15, 0.2) is 18.2 Å². The summed E-state index contributed by atoms with van der Waals surface area (Å²) in [5.74, 6) is 0.00979. The Labute approximate surface area is 121 Å². The van der Waals surface area contributed by atoms with Crippen LogP contribution in [0, 0.1) is 5.82 Å². The monoisotopic (exact) mass is 280 g/mol. The molecule has 1 aromatic rings. The first-order valence-corrected chi connectivity index (χ1v) is 7.65. The Morgan fingerprint density at radius 1 is 1.00 bits per heavy atom. The maximum absolute atomic E-state index is 13.2. The van der Waals surface area contributed by atoms with E-state index < -0.39 is 5.82 Å². The second kappa shape index (κ2) is 10.4. The topological polar surface area (TPSA) is 26.3 Å². The number of aldehydes is 1. The highest BCUT2D eigenvalue weighted by Crippen LogP contribution is 2.16. The van der Waals surface area contributed by atoms with Crippen molar-refractivity contribution in [1.29, 1.82) is 0 Å². The summed E-state index contributed by atoms with van der Waals surface area (Å²) < 4.78 is 18.6. The van der Waals surface area contributed by atoms with Crippen LogP contribution < -0.4 is 4.74 Å². The number of rotatable bonds is 11. The maximum Gasteiger partial charge on any atom is 0.150 e. The van der Waals surface area contributed by atoms with E-state index in [0.717, 1.165) is 12.8 Å². The minimum absolute atomic E-state index is 0.316. The van der Waals surface area contributed by atoms with Gasteiger partial charge in [0.05, 0.1) is 6.61 Å². The molecule has 112 valence electrons. The van der Waals surface area contributed by atoms with Gasteiger partial charge in [0.2, 0.25) is 0 Å². The van der Waals surface area contributed by atoms with E-state index >= 15 is 0 Å².